The van der Waals surface area contributed by atoms with Gasteiger partial charge in [-0.15, -0.1) is 0 Å². The summed E-state index contributed by atoms with van der Waals surface area (Å²) in [5.41, 5.74) is 10.5. The van der Waals surface area contributed by atoms with Crippen molar-refractivity contribution >= 4 is 29.6 Å². The molecule has 0 aromatic carbocycles. The summed E-state index contributed by atoms with van der Waals surface area (Å²) in [7, 11) is 0. The first-order valence-electron chi connectivity index (χ1n) is 11.5. The Kier molecular flexibility index (Phi) is 13.8. The highest BCUT2D eigenvalue weighted by molar-refractivity contribution is 5.94. The Labute approximate surface area is 197 Å². The SMILES string of the molecule is CC(C)C[C@H](NC(=O)[C@H](CC(C)C)NC(=O)[C@@H](C)CCCNC(=N)N)C(=O)N[C@@H](C)C(N)=O. The maximum Gasteiger partial charge on any atom is 0.243 e. The largest absolute Gasteiger partial charge is 0.370 e. The number of nitrogens with two attached hydrogens (primary N) is 2. The fraction of sp³-hybridized carbons (Fsp3) is 0.773. The fourth-order valence-electron chi connectivity index (χ4n) is 3.14. The summed E-state index contributed by atoms with van der Waals surface area (Å²) in [5.74, 6) is -2.10. The van der Waals surface area contributed by atoms with Crippen molar-refractivity contribution in [3.05, 3.63) is 0 Å². The van der Waals surface area contributed by atoms with Gasteiger partial charge in [-0.05, 0) is 44.4 Å². The minimum Gasteiger partial charge on any atom is -0.370 e. The number of carbonyl (C=O) groups excluding carboxylic acids is 4. The Bertz CT molecular complexity index is 682. The third-order valence-corrected chi connectivity index (χ3v) is 5.04. The van der Waals surface area contributed by atoms with Gasteiger partial charge in [-0.25, -0.2) is 0 Å². The summed E-state index contributed by atoms with van der Waals surface area (Å²) < 4.78 is 0. The molecule has 0 aliphatic heterocycles. The van der Waals surface area contributed by atoms with E-state index < -0.39 is 35.8 Å². The average molecular weight is 470 g/mol. The van der Waals surface area contributed by atoms with E-state index in [9.17, 15) is 19.2 Å². The van der Waals surface area contributed by atoms with Crippen LogP contribution in [0.25, 0.3) is 0 Å². The van der Waals surface area contributed by atoms with E-state index in [4.69, 9.17) is 16.9 Å². The van der Waals surface area contributed by atoms with Crippen LogP contribution < -0.4 is 32.7 Å². The predicted molar refractivity (Wildman–Crippen MR) is 128 cm³/mol. The molecule has 9 N–H and O–H groups in total. The van der Waals surface area contributed by atoms with Crippen molar-refractivity contribution in [3.63, 3.8) is 0 Å². The summed E-state index contributed by atoms with van der Waals surface area (Å²) in [6, 6.07) is -2.53. The first-order valence-corrected chi connectivity index (χ1v) is 11.5. The lowest BCUT2D eigenvalue weighted by Crippen LogP contribution is -2.56. The number of nitrogens with one attached hydrogen (secondary N) is 5. The molecule has 190 valence electrons. The fourth-order valence-corrected chi connectivity index (χ4v) is 3.14. The number of guanidine groups is 1. The van der Waals surface area contributed by atoms with Crippen LogP contribution in [0.1, 0.15) is 67.2 Å². The van der Waals surface area contributed by atoms with Crippen LogP contribution in [0, 0.1) is 23.2 Å². The number of amides is 4. The summed E-state index contributed by atoms with van der Waals surface area (Å²) in [6.45, 7) is 11.4. The molecule has 0 saturated heterocycles. The number of hydrogen-bond acceptors (Lipinski definition) is 5. The van der Waals surface area contributed by atoms with Crippen LogP contribution in [0.15, 0.2) is 0 Å². The van der Waals surface area contributed by atoms with Gasteiger partial charge in [0.05, 0.1) is 0 Å². The van der Waals surface area contributed by atoms with Gasteiger partial charge < -0.3 is 32.7 Å². The van der Waals surface area contributed by atoms with Crippen LogP contribution in [0.4, 0.5) is 0 Å². The van der Waals surface area contributed by atoms with Crippen molar-refractivity contribution in [2.45, 2.75) is 85.4 Å². The Hall–Kier alpha value is -2.85. The Morgan fingerprint density at radius 3 is 1.64 bits per heavy atom. The second-order valence-electron chi connectivity index (χ2n) is 9.40. The molecule has 11 heteroatoms. The van der Waals surface area contributed by atoms with Crippen molar-refractivity contribution in [1.82, 2.24) is 21.3 Å². The number of carbonyl (C=O) groups is 4. The van der Waals surface area contributed by atoms with Crippen LogP contribution in [0.5, 0.6) is 0 Å². The molecule has 0 fully saturated rings. The highest BCUT2D eigenvalue weighted by Crippen LogP contribution is 2.11. The van der Waals surface area contributed by atoms with Gasteiger partial charge in [-0.1, -0.05) is 34.6 Å². The molecule has 0 spiro atoms. The molecule has 0 bridgehead atoms. The molecular weight excluding hydrogens is 426 g/mol. The normalized spacial score (nSPS) is 14.7. The zero-order valence-corrected chi connectivity index (χ0v) is 20.8. The quantitative estimate of drug-likeness (QED) is 0.0997. The zero-order chi connectivity index (χ0) is 25.7. The maximum absolute atomic E-state index is 13.0. The predicted octanol–water partition coefficient (Wildman–Crippen LogP) is -0.0624. The lowest BCUT2D eigenvalue weighted by Gasteiger charge is -2.26. The molecular formula is C22H43N7O4. The first-order chi connectivity index (χ1) is 15.2. The summed E-state index contributed by atoms with van der Waals surface area (Å²) >= 11 is 0. The van der Waals surface area contributed by atoms with E-state index in [1.54, 1.807) is 6.92 Å². The van der Waals surface area contributed by atoms with Crippen LogP contribution in [-0.2, 0) is 19.2 Å². The molecule has 0 rings (SSSR count). The zero-order valence-electron chi connectivity index (χ0n) is 20.8. The maximum atomic E-state index is 13.0. The van der Waals surface area contributed by atoms with Gasteiger partial charge in [0.25, 0.3) is 0 Å². The van der Waals surface area contributed by atoms with E-state index in [1.807, 2.05) is 27.7 Å². The molecule has 0 radical (unpaired) electrons. The van der Waals surface area contributed by atoms with Gasteiger partial charge in [0.2, 0.25) is 23.6 Å². The molecule has 33 heavy (non-hydrogen) atoms. The van der Waals surface area contributed by atoms with Gasteiger partial charge in [0, 0.05) is 12.5 Å². The Morgan fingerprint density at radius 2 is 1.21 bits per heavy atom. The van der Waals surface area contributed by atoms with Gasteiger partial charge in [0.1, 0.15) is 18.1 Å². The second-order valence-corrected chi connectivity index (χ2v) is 9.40. The lowest BCUT2D eigenvalue weighted by molar-refractivity contribution is -0.134. The number of rotatable bonds is 15. The van der Waals surface area contributed by atoms with Crippen molar-refractivity contribution in [3.8, 4) is 0 Å². The van der Waals surface area contributed by atoms with E-state index >= 15 is 0 Å². The molecule has 0 saturated carbocycles. The molecule has 0 aromatic heterocycles. The molecule has 11 nitrogen and oxygen atoms in total. The highest BCUT2D eigenvalue weighted by Gasteiger charge is 2.29. The standard InChI is InChI=1S/C22H43N7O4/c1-12(2)10-16(20(32)27-15(6)18(23)30)29-21(33)17(11-13(3)4)28-19(31)14(5)8-7-9-26-22(24)25/h12-17H,7-11H2,1-6H3,(H2,23,30)(H,27,32)(H,28,31)(H,29,33)(H4,24,25,26)/t14-,15-,16-,17-/m0/s1. The van der Waals surface area contributed by atoms with Gasteiger partial charge >= 0.3 is 0 Å². The molecule has 0 aliphatic rings. The Balaban J connectivity index is 5.20. The van der Waals surface area contributed by atoms with Gasteiger partial charge in [0.15, 0.2) is 5.96 Å². The van der Waals surface area contributed by atoms with E-state index in [-0.39, 0.29) is 29.6 Å². The van der Waals surface area contributed by atoms with Crippen molar-refractivity contribution in [2.24, 2.45) is 29.2 Å². The van der Waals surface area contributed by atoms with Crippen LogP contribution >= 0.6 is 0 Å². The average Bonchev–Trinajstić information content (AvgIpc) is 2.68. The van der Waals surface area contributed by atoms with Crippen molar-refractivity contribution < 1.29 is 19.2 Å². The van der Waals surface area contributed by atoms with Gasteiger partial charge in [-0.2, -0.15) is 0 Å². The third kappa shape index (κ3) is 13.3. The highest BCUT2D eigenvalue weighted by atomic mass is 16.2. The molecule has 0 heterocycles. The first kappa shape index (κ1) is 30.1. The Morgan fingerprint density at radius 1 is 0.758 bits per heavy atom. The molecule has 4 atom stereocenters. The van der Waals surface area contributed by atoms with Gasteiger partial charge in [-0.3, -0.25) is 24.6 Å². The van der Waals surface area contributed by atoms with Crippen LogP contribution in [0.3, 0.4) is 0 Å². The molecule has 4 amide bonds. The number of primary amides is 1. The van der Waals surface area contributed by atoms with Crippen LogP contribution in [-0.4, -0.2) is 54.3 Å². The van der Waals surface area contributed by atoms with Crippen molar-refractivity contribution in [1.29, 1.82) is 5.41 Å². The second kappa shape index (κ2) is 15.1. The van der Waals surface area contributed by atoms with Crippen molar-refractivity contribution in [2.75, 3.05) is 6.54 Å². The van der Waals surface area contributed by atoms with Crippen LogP contribution in [0.2, 0.25) is 0 Å². The number of hydrogen-bond donors (Lipinski definition) is 7. The van der Waals surface area contributed by atoms with E-state index in [2.05, 4.69) is 21.3 Å². The van der Waals surface area contributed by atoms with E-state index in [1.165, 1.54) is 6.92 Å². The smallest absolute Gasteiger partial charge is 0.243 e. The molecule has 0 unspecified atom stereocenters. The molecule has 0 aliphatic carbocycles. The monoisotopic (exact) mass is 469 g/mol. The summed E-state index contributed by atoms with van der Waals surface area (Å²) in [6.07, 6.45) is 1.98. The minimum absolute atomic E-state index is 0.103. The van der Waals surface area contributed by atoms with E-state index in [0.717, 1.165) is 0 Å². The lowest BCUT2D eigenvalue weighted by atomic mass is 9.98. The summed E-state index contributed by atoms with van der Waals surface area (Å²) in [5, 5.41) is 17.9. The molecule has 0 aromatic rings. The summed E-state index contributed by atoms with van der Waals surface area (Å²) in [4.78, 5) is 49.7. The topological polar surface area (TPSA) is 192 Å². The van der Waals surface area contributed by atoms with E-state index in [0.29, 0.717) is 32.2 Å². The minimum atomic E-state index is -0.867. The third-order valence-electron chi connectivity index (χ3n) is 5.04.